The van der Waals surface area contributed by atoms with Gasteiger partial charge in [0.1, 0.15) is 0 Å². The maximum atomic E-state index is 13.1. The van der Waals surface area contributed by atoms with Crippen LogP contribution in [0.15, 0.2) is 41.3 Å². The van der Waals surface area contributed by atoms with E-state index < -0.39 is 9.84 Å². The van der Waals surface area contributed by atoms with Crippen molar-refractivity contribution in [3.05, 3.63) is 53.1 Å². The van der Waals surface area contributed by atoms with Crippen molar-refractivity contribution in [3.8, 4) is 0 Å². The molecule has 0 saturated carbocycles. The van der Waals surface area contributed by atoms with E-state index in [-0.39, 0.29) is 22.3 Å². The number of nitrogens with zero attached hydrogens (tertiary/aromatic N) is 2. The Morgan fingerprint density at radius 2 is 1.53 bits per heavy atom. The van der Waals surface area contributed by atoms with E-state index in [4.69, 9.17) is 0 Å². The van der Waals surface area contributed by atoms with Crippen molar-refractivity contribution in [2.24, 2.45) is 0 Å². The lowest BCUT2D eigenvalue weighted by Crippen LogP contribution is -2.49. The van der Waals surface area contributed by atoms with Gasteiger partial charge in [0.05, 0.1) is 10.5 Å². The normalized spacial score (nSPS) is 14.5. The van der Waals surface area contributed by atoms with E-state index in [1.807, 2.05) is 0 Å². The Labute approximate surface area is 177 Å². The highest BCUT2D eigenvalue weighted by molar-refractivity contribution is 7.90. The fourth-order valence-electron chi connectivity index (χ4n) is 3.76. The van der Waals surface area contributed by atoms with Gasteiger partial charge in [-0.2, -0.15) is 0 Å². The second-order valence-electron chi connectivity index (χ2n) is 7.79. The molecule has 2 aromatic rings. The van der Waals surface area contributed by atoms with E-state index in [1.54, 1.807) is 11.0 Å². The number of carbonyl (C=O) groups is 2. The molecule has 3 rings (SSSR count). The second kappa shape index (κ2) is 8.47. The van der Waals surface area contributed by atoms with Crippen LogP contribution in [0.25, 0.3) is 0 Å². The lowest BCUT2D eigenvalue weighted by atomic mass is 10.1. The fraction of sp³-hybridized carbons (Fsp3) is 0.364. The molecule has 1 N–H and O–H groups in total. The molecule has 30 heavy (non-hydrogen) atoms. The highest BCUT2D eigenvalue weighted by atomic mass is 32.2. The van der Waals surface area contributed by atoms with Crippen molar-refractivity contribution in [2.45, 2.75) is 25.7 Å². The Hall–Kier alpha value is -2.87. The van der Waals surface area contributed by atoms with Gasteiger partial charge in [0.2, 0.25) is 5.91 Å². The first-order valence-corrected chi connectivity index (χ1v) is 11.7. The van der Waals surface area contributed by atoms with Gasteiger partial charge in [0.25, 0.3) is 5.91 Å². The zero-order valence-electron chi connectivity index (χ0n) is 17.7. The molecule has 0 aromatic heterocycles. The van der Waals surface area contributed by atoms with Gasteiger partial charge in [0, 0.05) is 50.7 Å². The van der Waals surface area contributed by atoms with Crippen molar-refractivity contribution in [1.29, 1.82) is 0 Å². The smallest absolute Gasteiger partial charge is 0.255 e. The maximum absolute atomic E-state index is 13.1. The van der Waals surface area contributed by atoms with E-state index >= 15 is 0 Å². The molecule has 0 bridgehead atoms. The van der Waals surface area contributed by atoms with Crippen molar-refractivity contribution in [1.82, 2.24) is 4.90 Å². The molecule has 1 fully saturated rings. The highest BCUT2D eigenvalue weighted by Crippen LogP contribution is 2.25. The van der Waals surface area contributed by atoms with Gasteiger partial charge in [-0.25, -0.2) is 8.42 Å². The zero-order valence-corrected chi connectivity index (χ0v) is 18.5. The molecular weight excluding hydrogens is 402 g/mol. The molecule has 2 aromatic carbocycles. The largest absolute Gasteiger partial charge is 0.368 e. The fourth-order valence-corrected chi connectivity index (χ4v) is 4.65. The predicted octanol–water partition coefficient (Wildman–Crippen LogP) is 2.63. The lowest BCUT2D eigenvalue weighted by molar-refractivity contribution is -0.114. The first-order chi connectivity index (χ1) is 14.0. The summed E-state index contributed by atoms with van der Waals surface area (Å²) in [6, 6.07) is 10.8. The summed E-state index contributed by atoms with van der Waals surface area (Å²) >= 11 is 0. The Kier molecular flexibility index (Phi) is 6.17. The predicted molar refractivity (Wildman–Crippen MR) is 118 cm³/mol. The summed E-state index contributed by atoms with van der Waals surface area (Å²) in [5.74, 6) is -0.624. The van der Waals surface area contributed by atoms with Crippen molar-refractivity contribution in [2.75, 3.05) is 42.7 Å². The Balaban J connectivity index is 1.80. The van der Waals surface area contributed by atoms with Gasteiger partial charge in [-0.05, 0) is 55.3 Å². The highest BCUT2D eigenvalue weighted by Gasteiger charge is 2.27. The molecule has 0 spiro atoms. The van der Waals surface area contributed by atoms with Crippen LogP contribution in [0.2, 0.25) is 0 Å². The second-order valence-corrected chi connectivity index (χ2v) is 9.77. The SMILES string of the molecule is CC(=O)Nc1ccc(C(=O)N2CCN(c3cc(C)cc(C)c3)CC2)c(S(C)(=O)=O)c1. The summed E-state index contributed by atoms with van der Waals surface area (Å²) < 4.78 is 24.6. The standard InChI is InChI=1S/C22H27N3O4S/c1-15-11-16(2)13-19(12-15)24-7-9-25(10-8-24)22(27)20-6-5-18(23-17(3)26)14-21(20)30(4,28)29/h5-6,11-14H,7-10H2,1-4H3,(H,23,26). The third kappa shape index (κ3) is 4.99. The van der Waals surface area contributed by atoms with E-state index in [2.05, 4.69) is 42.3 Å². The van der Waals surface area contributed by atoms with Crippen LogP contribution in [0, 0.1) is 13.8 Å². The Morgan fingerprint density at radius 1 is 0.933 bits per heavy atom. The van der Waals surface area contributed by atoms with Crippen molar-refractivity contribution >= 4 is 33.0 Å². The molecule has 0 radical (unpaired) electrons. The van der Waals surface area contributed by atoms with Crippen LogP contribution in [0.5, 0.6) is 0 Å². The molecule has 0 atom stereocenters. The zero-order chi connectivity index (χ0) is 22.1. The molecule has 7 nitrogen and oxygen atoms in total. The van der Waals surface area contributed by atoms with Crippen molar-refractivity contribution in [3.63, 3.8) is 0 Å². The van der Waals surface area contributed by atoms with E-state index in [0.717, 1.165) is 11.9 Å². The summed E-state index contributed by atoms with van der Waals surface area (Å²) in [4.78, 5) is 28.2. The van der Waals surface area contributed by atoms with Crippen LogP contribution < -0.4 is 10.2 Å². The molecule has 2 amide bonds. The van der Waals surface area contributed by atoms with Crippen LogP contribution >= 0.6 is 0 Å². The number of benzene rings is 2. The lowest BCUT2D eigenvalue weighted by Gasteiger charge is -2.36. The summed E-state index contributed by atoms with van der Waals surface area (Å²) in [6.07, 6.45) is 1.06. The Morgan fingerprint density at radius 3 is 2.07 bits per heavy atom. The first-order valence-electron chi connectivity index (χ1n) is 9.79. The number of carbonyl (C=O) groups excluding carboxylic acids is 2. The number of amides is 2. The molecule has 160 valence electrons. The van der Waals surface area contributed by atoms with E-state index in [0.29, 0.717) is 31.9 Å². The van der Waals surface area contributed by atoms with Crippen LogP contribution in [-0.2, 0) is 14.6 Å². The summed E-state index contributed by atoms with van der Waals surface area (Å²) in [5, 5.41) is 2.56. The molecule has 1 saturated heterocycles. The van der Waals surface area contributed by atoms with Gasteiger partial charge < -0.3 is 15.1 Å². The van der Waals surface area contributed by atoms with Crippen LogP contribution in [0.4, 0.5) is 11.4 Å². The minimum Gasteiger partial charge on any atom is -0.368 e. The van der Waals surface area contributed by atoms with E-state index in [9.17, 15) is 18.0 Å². The monoisotopic (exact) mass is 429 g/mol. The van der Waals surface area contributed by atoms with Crippen LogP contribution in [-0.4, -0.2) is 57.6 Å². The van der Waals surface area contributed by atoms with Crippen LogP contribution in [0.1, 0.15) is 28.4 Å². The summed E-state index contributed by atoms with van der Waals surface area (Å²) in [6.45, 7) is 7.82. The van der Waals surface area contributed by atoms with Gasteiger partial charge in [-0.3, -0.25) is 9.59 Å². The van der Waals surface area contributed by atoms with Gasteiger partial charge in [0.15, 0.2) is 9.84 Å². The van der Waals surface area contributed by atoms with E-state index in [1.165, 1.54) is 30.2 Å². The number of piperazine rings is 1. The molecule has 8 heteroatoms. The third-order valence-electron chi connectivity index (χ3n) is 5.07. The molecule has 0 aliphatic carbocycles. The number of sulfone groups is 1. The summed E-state index contributed by atoms with van der Waals surface area (Å²) in [7, 11) is -3.65. The first kappa shape index (κ1) is 21.8. The number of rotatable bonds is 4. The van der Waals surface area contributed by atoms with Gasteiger partial charge in [-0.1, -0.05) is 6.07 Å². The minimum atomic E-state index is -3.65. The molecule has 1 heterocycles. The minimum absolute atomic E-state index is 0.0736. The molecule has 0 unspecified atom stereocenters. The number of hydrogen-bond donors (Lipinski definition) is 1. The third-order valence-corrected chi connectivity index (χ3v) is 6.21. The molecule has 1 aliphatic rings. The Bertz CT molecular complexity index is 1070. The average Bonchev–Trinajstić information content (AvgIpc) is 2.65. The number of aryl methyl sites for hydroxylation is 2. The van der Waals surface area contributed by atoms with Crippen molar-refractivity contribution < 1.29 is 18.0 Å². The molecule has 1 aliphatic heterocycles. The maximum Gasteiger partial charge on any atom is 0.255 e. The average molecular weight is 430 g/mol. The number of hydrogen-bond acceptors (Lipinski definition) is 5. The van der Waals surface area contributed by atoms with Gasteiger partial charge in [-0.15, -0.1) is 0 Å². The molecular formula is C22H27N3O4S. The van der Waals surface area contributed by atoms with Gasteiger partial charge >= 0.3 is 0 Å². The number of anilines is 2. The quantitative estimate of drug-likeness (QED) is 0.807. The topological polar surface area (TPSA) is 86.8 Å². The number of nitrogens with one attached hydrogen (secondary N) is 1. The van der Waals surface area contributed by atoms with Crippen LogP contribution in [0.3, 0.4) is 0 Å². The summed E-state index contributed by atoms with van der Waals surface area (Å²) in [5.41, 5.74) is 4.00.